The van der Waals surface area contributed by atoms with Gasteiger partial charge in [0.2, 0.25) is 17.6 Å². The highest BCUT2D eigenvalue weighted by Gasteiger charge is 2.69. The average molecular weight is 656 g/mol. The van der Waals surface area contributed by atoms with Crippen molar-refractivity contribution >= 4 is 35.3 Å². The van der Waals surface area contributed by atoms with Crippen LogP contribution >= 0.6 is 0 Å². The first-order valence-electron chi connectivity index (χ1n) is 16.4. The number of carbonyl (C=O) groups excluding carboxylic acids is 6. The molecular formula is C32H48F3N5O6. The second-order valence-electron chi connectivity index (χ2n) is 15.1. The third kappa shape index (κ3) is 8.39. The van der Waals surface area contributed by atoms with E-state index in [1.54, 1.807) is 20.8 Å². The standard InChI is InChI=1S/C32H48F3N5O6/c1-30(2,3)25(39-29(46)38-22(24(42)18-11-12-18)17-9-7-6-8-10-17)28(45)40-16-19-21(31(19,4)5)23(40)27(44)37-15-20(41)26(43)36-14-13-32(33,34)35/h17-19,21-23,25H,6-16H2,1-5H3,(H,36,43)(H,37,44)(H2,38,39,46)/t19-,21-,22-,23-,25+/m0/s1. The van der Waals surface area contributed by atoms with Crippen molar-refractivity contribution < 1.29 is 41.9 Å². The highest BCUT2D eigenvalue weighted by molar-refractivity contribution is 6.37. The molecule has 1 saturated heterocycles. The molecule has 46 heavy (non-hydrogen) atoms. The fraction of sp³-hybridized carbons (Fsp3) is 0.812. The minimum atomic E-state index is -4.50. The number of likely N-dealkylation sites (tertiary alicyclic amines) is 1. The second-order valence-corrected chi connectivity index (χ2v) is 15.1. The topological polar surface area (TPSA) is 154 Å². The van der Waals surface area contributed by atoms with Crippen LogP contribution < -0.4 is 21.3 Å². The quantitative estimate of drug-likeness (QED) is 0.237. The molecule has 0 aromatic rings. The van der Waals surface area contributed by atoms with Gasteiger partial charge in [-0.25, -0.2) is 4.79 Å². The van der Waals surface area contributed by atoms with Crippen molar-refractivity contribution in [3.63, 3.8) is 0 Å². The highest BCUT2D eigenvalue weighted by Crippen LogP contribution is 2.65. The molecule has 0 radical (unpaired) electrons. The Morgan fingerprint density at radius 3 is 2.09 bits per heavy atom. The van der Waals surface area contributed by atoms with Crippen molar-refractivity contribution in [2.75, 3.05) is 19.6 Å². The largest absolute Gasteiger partial charge is 0.390 e. The van der Waals surface area contributed by atoms with Crippen molar-refractivity contribution in [2.45, 2.75) is 110 Å². The maximum atomic E-state index is 14.1. The number of piperidine rings is 1. The van der Waals surface area contributed by atoms with Gasteiger partial charge in [0.05, 0.1) is 19.0 Å². The summed E-state index contributed by atoms with van der Waals surface area (Å²) in [4.78, 5) is 79.8. The molecule has 5 atom stereocenters. The minimum absolute atomic E-state index is 0.00476. The molecule has 1 aliphatic heterocycles. The van der Waals surface area contributed by atoms with Gasteiger partial charge in [0, 0.05) is 19.0 Å². The second kappa shape index (κ2) is 13.5. The van der Waals surface area contributed by atoms with Crippen LogP contribution in [0.15, 0.2) is 0 Å². The lowest BCUT2D eigenvalue weighted by Gasteiger charge is -2.38. The van der Waals surface area contributed by atoms with Crippen LogP contribution in [0, 0.1) is 34.5 Å². The summed E-state index contributed by atoms with van der Waals surface area (Å²) < 4.78 is 37.1. The zero-order valence-electron chi connectivity index (χ0n) is 27.4. The van der Waals surface area contributed by atoms with Crippen molar-refractivity contribution in [3.8, 4) is 0 Å². The Bertz CT molecular complexity index is 1220. The number of hydrogen-bond donors (Lipinski definition) is 4. The molecule has 0 bridgehead atoms. The normalized spacial score (nSPS) is 25.5. The molecule has 3 aliphatic carbocycles. The van der Waals surface area contributed by atoms with E-state index in [0.717, 1.165) is 44.9 Å². The van der Waals surface area contributed by atoms with Gasteiger partial charge >= 0.3 is 12.2 Å². The summed E-state index contributed by atoms with van der Waals surface area (Å²) in [5.74, 6) is -3.68. The number of halogens is 3. The fourth-order valence-corrected chi connectivity index (χ4v) is 7.22. The average Bonchev–Trinajstić information content (AvgIpc) is 3.85. The Labute approximate surface area is 267 Å². The van der Waals surface area contributed by atoms with Crippen LogP contribution in [0.4, 0.5) is 18.0 Å². The summed E-state index contributed by atoms with van der Waals surface area (Å²) in [5, 5.41) is 10.0. The van der Waals surface area contributed by atoms with Crippen LogP contribution in [0.25, 0.3) is 0 Å². The Morgan fingerprint density at radius 2 is 1.52 bits per heavy atom. The van der Waals surface area contributed by atoms with E-state index >= 15 is 0 Å². The van der Waals surface area contributed by atoms with Crippen LogP contribution in [0.2, 0.25) is 0 Å². The Morgan fingerprint density at radius 1 is 0.891 bits per heavy atom. The van der Waals surface area contributed by atoms with Crippen LogP contribution in [0.5, 0.6) is 0 Å². The molecule has 258 valence electrons. The summed E-state index contributed by atoms with van der Waals surface area (Å²) in [6.07, 6.45) is 0.642. The van der Waals surface area contributed by atoms with Gasteiger partial charge in [0.25, 0.3) is 5.91 Å². The third-order valence-corrected chi connectivity index (χ3v) is 10.2. The van der Waals surface area contributed by atoms with Crippen LogP contribution in [0.1, 0.15) is 86.0 Å². The number of alkyl halides is 3. The van der Waals surface area contributed by atoms with Gasteiger partial charge in [-0.3, -0.25) is 24.0 Å². The molecule has 0 spiro atoms. The first-order valence-corrected chi connectivity index (χ1v) is 16.4. The predicted octanol–water partition coefficient (Wildman–Crippen LogP) is 2.87. The molecule has 1 heterocycles. The lowest BCUT2D eigenvalue weighted by molar-refractivity contribution is -0.144. The van der Waals surface area contributed by atoms with Gasteiger partial charge in [-0.15, -0.1) is 0 Å². The number of hydrogen-bond acceptors (Lipinski definition) is 6. The van der Waals surface area contributed by atoms with E-state index < -0.39 is 78.8 Å². The fourth-order valence-electron chi connectivity index (χ4n) is 7.22. The third-order valence-electron chi connectivity index (χ3n) is 10.2. The Balaban J connectivity index is 1.42. The van der Waals surface area contributed by atoms with Gasteiger partial charge in [0.1, 0.15) is 12.1 Å². The number of amides is 5. The molecule has 0 aromatic heterocycles. The van der Waals surface area contributed by atoms with Gasteiger partial charge < -0.3 is 26.2 Å². The number of ketones is 2. The summed E-state index contributed by atoms with van der Waals surface area (Å²) in [7, 11) is 0. The van der Waals surface area contributed by atoms with Gasteiger partial charge in [-0.05, 0) is 54.3 Å². The summed E-state index contributed by atoms with van der Waals surface area (Å²) in [6, 6.07) is -3.27. The molecule has 14 heteroatoms. The molecule has 4 aliphatic rings. The maximum Gasteiger partial charge on any atom is 0.390 e. The van der Waals surface area contributed by atoms with E-state index in [1.165, 1.54) is 4.90 Å². The first kappa shape index (κ1) is 35.7. The van der Waals surface area contributed by atoms with E-state index in [9.17, 15) is 41.9 Å². The number of urea groups is 1. The molecule has 0 unspecified atom stereocenters. The van der Waals surface area contributed by atoms with Gasteiger partial charge in [0.15, 0.2) is 5.78 Å². The van der Waals surface area contributed by atoms with Crippen molar-refractivity contribution in [1.29, 1.82) is 0 Å². The molecule has 11 nitrogen and oxygen atoms in total. The molecule has 4 N–H and O–H groups in total. The van der Waals surface area contributed by atoms with Crippen LogP contribution in [-0.4, -0.2) is 84.2 Å². The first-order chi connectivity index (χ1) is 21.3. The van der Waals surface area contributed by atoms with E-state index in [-0.39, 0.29) is 41.4 Å². The number of nitrogens with one attached hydrogen (secondary N) is 4. The van der Waals surface area contributed by atoms with E-state index in [2.05, 4.69) is 16.0 Å². The lowest BCUT2D eigenvalue weighted by Crippen LogP contribution is -2.62. The summed E-state index contributed by atoms with van der Waals surface area (Å²) >= 11 is 0. The summed E-state index contributed by atoms with van der Waals surface area (Å²) in [5.41, 5.74) is -1.04. The highest BCUT2D eigenvalue weighted by atomic mass is 19.4. The van der Waals surface area contributed by atoms with Gasteiger partial charge in [-0.1, -0.05) is 53.9 Å². The molecule has 4 fully saturated rings. The monoisotopic (exact) mass is 655 g/mol. The molecule has 3 saturated carbocycles. The van der Waals surface area contributed by atoms with E-state index in [1.807, 2.05) is 19.2 Å². The van der Waals surface area contributed by atoms with Crippen LogP contribution in [-0.2, 0) is 24.0 Å². The Hall–Kier alpha value is -3.19. The van der Waals surface area contributed by atoms with Crippen molar-refractivity contribution in [1.82, 2.24) is 26.2 Å². The lowest BCUT2D eigenvalue weighted by atomic mass is 9.81. The molecule has 0 aromatic carbocycles. The van der Waals surface area contributed by atoms with E-state index in [0.29, 0.717) is 0 Å². The number of carbonyl (C=O) groups is 6. The Kier molecular flexibility index (Phi) is 10.5. The summed E-state index contributed by atoms with van der Waals surface area (Å²) in [6.45, 7) is 8.05. The smallest absolute Gasteiger partial charge is 0.349 e. The number of Topliss-reactive ketones (excluding diaryl/α,β-unsaturated/α-hetero) is 2. The zero-order valence-corrected chi connectivity index (χ0v) is 27.4. The van der Waals surface area contributed by atoms with E-state index in [4.69, 9.17) is 0 Å². The van der Waals surface area contributed by atoms with Gasteiger partial charge in [-0.2, -0.15) is 13.2 Å². The number of fused-ring (bicyclic) bond motifs is 1. The van der Waals surface area contributed by atoms with Crippen molar-refractivity contribution in [3.05, 3.63) is 0 Å². The number of nitrogens with zero attached hydrogens (tertiary/aromatic N) is 1. The molecular weight excluding hydrogens is 607 g/mol. The van der Waals surface area contributed by atoms with Crippen LogP contribution in [0.3, 0.4) is 0 Å². The predicted molar refractivity (Wildman–Crippen MR) is 161 cm³/mol. The van der Waals surface area contributed by atoms with Crippen molar-refractivity contribution in [2.24, 2.45) is 34.5 Å². The maximum absolute atomic E-state index is 14.1. The number of rotatable bonds is 12. The molecule has 4 rings (SSSR count). The SMILES string of the molecule is CC(C)(C)[C@H](NC(=O)N[C@H](C(=O)C1CC1)C1CCCCC1)C(=O)N1C[C@H]2[C@@H]([C@H]1C(=O)NCC(=O)C(=O)NCCC(F)(F)F)C2(C)C. The molecule has 5 amide bonds. The minimum Gasteiger partial charge on any atom is -0.349 e. The zero-order chi connectivity index (χ0) is 34.2.